The lowest BCUT2D eigenvalue weighted by Gasteiger charge is -2.20. The Hall–Kier alpha value is -1.44. The summed E-state index contributed by atoms with van der Waals surface area (Å²) in [4.78, 5) is 12.5. The van der Waals surface area contributed by atoms with Gasteiger partial charge in [0.2, 0.25) is 10.0 Å². The van der Waals surface area contributed by atoms with Crippen molar-refractivity contribution in [1.29, 1.82) is 0 Å². The van der Waals surface area contributed by atoms with Crippen molar-refractivity contribution >= 4 is 15.9 Å². The summed E-state index contributed by atoms with van der Waals surface area (Å²) >= 11 is 0. The summed E-state index contributed by atoms with van der Waals surface area (Å²) in [6, 6.07) is 4.80. The van der Waals surface area contributed by atoms with Gasteiger partial charge < -0.3 is 10.1 Å². The van der Waals surface area contributed by atoms with Crippen molar-refractivity contribution in [3.05, 3.63) is 29.3 Å². The Kier molecular flexibility index (Phi) is 6.37. The number of aryl methyl sites for hydroxylation is 1. The highest BCUT2D eigenvalue weighted by Gasteiger charge is 2.25. The molecule has 0 saturated carbocycles. The molecule has 134 valence electrons. The van der Waals surface area contributed by atoms with Crippen LogP contribution in [0.5, 0.6) is 0 Å². The molecule has 1 aliphatic rings. The molecule has 0 spiro atoms. The fraction of sp³-hybridized carbons (Fsp3) is 0.588. The summed E-state index contributed by atoms with van der Waals surface area (Å²) in [5, 5.41) is 2.82. The minimum absolute atomic E-state index is 0.0540. The molecule has 1 amide bonds. The van der Waals surface area contributed by atoms with Gasteiger partial charge in [-0.05, 0) is 37.5 Å². The molecule has 1 atom stereocenters. The van der Waals surface area contributed by atoms with Crippen molar-refractivity contribution in [2.24, 2.45) is 0 Å². The van der Waals surface area contributed by atoms with E-state index in [1.54, 1.807) is 32.9 Å². The van der Waals surface area contributed by atoms with Crippen molar-refractivity contribution in [1.82, 2.24) is 9.62 Å². The number of nitrogens with one attached hydrogen (secondary N) is 1. The summed E-state index contributed by atoms with van der Waals surface area (Å²) in [6.07, 6.45) is 2.01. The Labute approximate surface area is 144 Å². The molecule has 0 radical (unpaired) electrons. The van der Waals surface area contributed by atoms with Crippen LogP contribution in [0.2, 0.25) is 0 Å². The average molecular weight is 354 g/mol. The first-order valence-electron chi connectivity index (χ1n) is 8.40. The number of ether oxygens (including phenoxy) is 1. The molecule has 1 N–H and O–H groups in total. The zero-order valence-corrected chi connectivity index (χ0v) is 15.4. The van der Waals surface area contributed by atoms with Gasteiger partial charge in [-0.2, -0.15) is 4.31 Å². The molecular formula is C17H26N2O4S. The monoisotopic (exact) mass is 354 g/mol. The molecule has 6 nitrogen and oxygen atoms in total. The van der Waals surface area contributed by atoms with Crippen LogP contribution in [0.25, 0.3) is 0 Å². The first-order chi connectivity index (χ1) is 11.4. The fourth-order valence-electron chi connectivity index (χ4n) is 2.84. The summed E-state index contributed by atoms with van der Waals surface area (Å²) in [5.41, 5.74) is 0.988. The SMILES string of the molecule is CCN(CC)S(=O)(=O)c1cc(C(=O)NCC2CCCO2)ccc1C. The van der Waals surface area contributed by atoms with Crippen molar-refractivity contribution < 1.29 is 17.9 Å². The molecule has 1 aliphatic heterocycles. The summed E-state index contributed by atoms with van der Waals surface area (Å²) in [5.74, 6) is -0.276. The van der Waals surface area contributed by atoms with Crippen LogP contribution in [0.3, 0.4) is 0 Å². The van der Waals surface area contributed by atoms with Crippen LogP contribution in [0.1, 0.15) is 42.6 Å². The zero-order valence-electron chi connectivity index (χ0n) is 14.5. The number of hydrogen-bond donors (Lipinski definition) is 1. The van der Waals surface area contributed by atoms with Crippen LogP contribution in [0.4, 0.5) is 0 Å². The lowest BCUT2D eigenvalue weighted by atomic mass is 10.1. The number of hydrogen-bond acceptors (Lipinski definition) is 4. The van der Waals surface area contributed by atoms with E-state index in [9.17, 15) is 13.2 Å². The van der Waals surface area contributed by atoms with Gasteiger partial charge in [-0.3, -0.25) is 4.79 Å². The largest absolute Gasteiger partial charge is 0.376 e. The van der Waals surface area contributed by atoms with Gasteiger partial charge in [-0.1, -0.05) is 19.9 Å². The third-order valence-corrected chi connectivity index (χ3v) is 6.48. The fourth-order valence-corrected chi connectivity index (χ4v) is 4.54. The molecule has 1 saturated heterocycles. The molecule has 0 aromatic heterocycles. The van der Waals surface area contributed by atoms with E-state index < -0.39 is 10.0 Å². The third kappa shape index (κ3) is 4.15. The van der Waals surface area contributed by atoms with Crippen LogP contribution >= 0.6 is 0 Å². The molecule has 24 heavy (non-hydrogen) atoms. The molecule has 1 aromatic carbocycles. The Morgan fingerprint density at radius 1 is 1.33 bits per heavy atom. The molecule has 1 unspecified atom stereocenters. The molecular weight excluding hydrogens is 328 g/mol. The zero-order chi connectivity index (χ0) is 17.7. The maximum atomic E-state index is 12.7. The van der Waals surface area contributed by atoms with E-state index in [0.717, 1.165) is 19.4 Å². The first kappa shape index (κ1) is 18.9. The molecule has 2 rings (SSSR count). The van der Waals surface area contributed by atoms with E-state index in [0.29, 0.717) is 30.8 Å². The highest BCUT2D eigenvalue weighted by molar-refractivity contribution is 7.89. The molecule has 0 aliphatic carbocycles. The molecule has 1 aromatic rings. The average Bonchev–Trinajstić information content (AvgIpc) is 3.07. The van der Waals surface area contributed by atoms with E-state index in [4.69, 9.17) is 4.74 Å². The number of sulfonamides is 1. The lowest BCUT2D eigenvalue weighted by molar-refractivity contribution is 0.0857. The predicted octanol–water partition coefficient (Wildman–Crippen LogP) is 1.93. The van der Waals surface area contributed by atoms with Gasteiger partial charge in [0.1, 0.15) is 0 Å². The Morgan fingerprint density at radius 3 is 2.62 bits per heavy atom. The van der Waals surface area contributed by atoms with Gasteiger partial charge in [0, 0.05) is 31.8 Å². The van der Waals surface area contributed by atoms with Gasteiger partial charge in [-0.25, -0.2) is 8.42 Å². The molecule has 0 bridgehead atoms. The second kappa shape index (κ2) is 8.09. The number of nitrogens with zero attached hydrogens (tertiary/aromatic N) is 1. The van der Waals surface area contributed by atoms with Gasteiger partial charge in [0.25, 0.3) is 5.91 Å². The van der Waals surface area contributed by atoms with Gasteiger partial charge in [0.15, 0.2) is 0 Å². The number of rotatable bonds is 7. The second-order valence-electron chi connectivity index (χ2n) is 5.91. The van der Waals surface area contributed by atoms with E-state index >= 15 is 0 Å². The molecule has 1 fully saturated rings. The molecule has 1 heterocycles. The van der Waals surface area contributed by atoms with Crippen LogP contribution < -0.4 is 5.32 Å². The quantitative estimate of drug-likeness (QED) is 0.812. The predicted molar refractivity (Wildman–Crippen MR) is 92.6 cm³/mol. The third-order valence-electron chi connectivity index (χ3n) is 4.29. The minimum Gasteiger partial charge on any atom is -0.376 e. The van der Waals surface area contributed by atoms with Crippen LogP contribution in [-0.2, 0) is 14.8 Å². The molecule has 7 heteroatoms. The smallest absolute Gasteiger partial charge is 0.251 e. The Bertz CT molecular complexity index is 678. The second-order valence-corrected chi connectivity index (χ2v) is 7.82. The number of benzene rings is 1. The van der Waals surface area contributed by atoms with E-state index in [2.05, 4.69) is 5.32 Å². The van der Waals surface area contributed by atoms with Crippen molar-refractivity contribution in [3.63, 3.8) is 0 Å². The maximum Gasteiger partial charge on any atom is 0.251 e. The van der Waals surface area contributed by atoms with Crippen molar-refractivity contribution in [2.45, 2.75) is 44.6 Å². The Balaban J connectivity index is 2.19. The number of carbonyl (C=O) groups excluding carboxylic acids is 1. The Morgan fingerprint density at radius 2 is 2.04 bits per heavy atom. The highest BCUT2D eigenvalue weighted by Crippen LogP contribution is 2.21. The van der Waals surface area contributed by atoms with Gasteiger partial charge >= 0.3 is 0 Å². The van der Waals surface area contributed by atoms with Crippen LogP contribution in [0.15, 0.2) is 23.1 Å². The van der Waals surface area contributed by atoms with Crippen molar-refractivity contribution in [3.8, 4) is 0 Å². The van der Waals surface area contributed by atoms with Crippen LogP contribution in [0, 0.1) is 6.92 Å². The normalized spacial score (nSPS) is 18.1. The maximum absolute atomic E-state index is 12.7. The van der Waals surface area contributed by atoms with Gasteiger partial charge in [0.05, 0.1) is 11.0 Å². The summed E-state index contributed by atoms with van der Waals surface area (Å²) in [6.45, 7) is 7.32. The van der Waals surface area contributed by atoms with E-state index in [1.807, 2.05) is 0 Å². The first-order valence-corrected chi connectivity index (χ1v) is 9.84. The van der Waals surface area contributed by atoms with Crippen molar-refractivity contribution in [2.75, 3.05) is 26.2 Å². The number of carbonyl (C=O) groups is 1. The lowest BCUT2D eigenvalue weighted by Crippen LogP contribution is -2.33. The van der Waals surface area contributed by atoms with E-state index in [-0.39, 0.29) is 16.9 Å². The summed E-state index contributed by atoms with van der Waals surface area (Å²) in [7, 11) is -3.59. The van der Waals surface area contributed by atoms with E-state index in [1.165, 1.54) is 10.4 Å². The standard InChI is InChI=1S/C17H26N2O4S/c1-4-19(5-2)24(21,22)16-11-14(9-8-13(16)3)17(20)18-12-15-7-6-10-23-15/h8-9,11,15H,4-7,10,12H2,1-3H3,(H,18,20). The number of amides is 1. The minimum atomic E-state index is -3.59. The summed E-state index contributed by atoms with van der Waals surface area (Å²) < 4.78 is 32.3. The highest BCUT2D eigenvalue weighted by atomic mass is 32.2. The topological polar surface area (TPSA) is 75.7 Å². The van der Waals surface area contributed by atoms with Crippen LogP contribution in [-0.4, -0.2) is 51.0 Å². The van der Waals surface area contributed by atoms with Gasteiger partial charge in [-0.15, -0.1) is 0 Å².